The van der Waals surface area contributed by atoms with Crippen molar-refractivity contribution in [2.45, 2.75) is 59.5 Å². The lowest BCUT2D eigenvalue weighted by Gasteiger charge is -2.29. The zero-order chi connectivity index (χ0) is 11.7. The third-order valence-corrected chi connectivity index (χ3v) is 2.50. The summed E-state index contributed by atoms with van der Waals surface area (Å²) in [6.07, 6.45) is 3.99. The highest BCUT2D eigenvalue weighted by atomic mass is 16.2. The van der Waals surface area contributed by atoms with Crippen molar-refractivity contribution in [3.05, 3.63) is 0 Å². The van der Waals surface area contributed by atoms with Crippen molar-refractivity contribution in [3.8, 4) is 0 Å². The van der Waals surface area contributed by atoms with Gasteiger partial charge in [-0.05, 0) is 26.3 Å². The molecule has 3 heteroatoms. The molecule has 0 heterocycles. The minimum atomic E-state index is 0.167. The molecule has 0 bridgehead atoms. The van der Waals surface area contributed by atoms with Gasteiger partial charge in [0, 0.05) is 13.0 Å². The lowest BCUT2D eigenvalue weighted by molar-refractivity contribution is -0.133. The number of carbonyl (C=O) groups excluding carboxylic acids is 1. The molecule has 1 amide bonds. The van der Waals surface area contributed by atoms with Gasteiger partial charge in [0.2, 0.25) is 5.91 Å². The second kappa shape index (κ2) is 8.72. The molecule has 0 aromatic heterocycles. The average Bonchev–Trinajstić information content (AvgIpc) is 2.19. The van der Waals surface area contributed by atoms with Gasteiger partial charge in [0.25, 0.3) is 0 Å². The second-order valence-electron chi connectivity index (χ2n) is 3.92. The summed E-state index contributed by atoms with van der Waals surface area (Å²) in [5.41, 5.74) is 0. The van der Waals surface area contributed by atoms with Gasteiger partial charge in [0.1, 0.15) is 0 Å². The molecule has 1 unspecified atom stereocenters. The van der Waals surface area contributed by atoms with Gasteiger partial charge in [-0.2, -0.15) is 0 Å². The first-order valence-corrected chi connectivity index (χ1v) is 6.20. The summed E-state index contributed by atoms with van der Waals surface area (Å²) in [6, 6.07) is 0. The summed E-state index contributed by atoms with van der Waals surface area (Å²) >= 11 is 0. The van der Waals surface area contributed by atoms with Crippen LogP contribution in [0.2, 0.25) is 0 Å². The quantitative estimate of drug-likeness (QED) is 0.629. The Labute approximate surface area is 94.2 Å². The first kappa shape index (κ1) is 14.4. The lowest BCUT2D eigenvalue weighted by atomic mass is 10.2. The Morgan fingerprint density at radius 2 is 1.93 bits per heavy atom. The van der Waals surface area contributed by atoms with Crippen LogP contribution in [0.4, 0.5) is 0 Å². The molecule has 0 fully saturated rings. The van der Waals surface area contributed by atoms with E-state index in [-0.39, 0.29) is 12.1 Å². The largest absolute Gasteiger partial charge is 0.327 e. The van der Waals surface area contributed by atoms with Crippen LogP contribution in [0.3, 0.4) is 0 Å². The van der Waals surface area contributed by atoms with Gasteiger partial charge in [-0.15, -0.1) is 0 Å². The fourth-order valence-corrected chi connectivity index (χ4v) is 1.63. The molecule has 1 atom stereocenters. The molecule has 0 saturated carbocycles. The number of carbonyl (C=O) groups is 1. The minimum absolute atomic E-state index is 0.167. The number of rotatable bonds is 8. The van der Waals surface area contributed by atoms with Gasteiger partial charge in [0.15, 0.2) is 0 Å². The summed E-state index contributed by atoms with van der Waals surface area (Å²) in [5.74, 6) is 0.277. The van der Waals surface area contributed by atoms with Gasteiger partial charge in [-0.1, -0.05) is 27.2 Å². The molecule has 1 N–H and O–H groups in total. The molecule has 0 aromatic carbocycles. The van der Waals surface area contributed by atoms with Gasteiger partial charge in [-0.25, -0.2) is 0 Å². The maximum Gasteiger partial charge on any atom is 0.223 e. The van der Waals surface area contributed by atoms with Crippen molar-refractivity contribution in [2.24, 2.45) is 0 Å². The van der Waals surface area contributed by atoms with Crippen LogP contribution in [0.1, 0.15) is 53.4 Å². The van der Waals surface area contributed by atoms with Gasteiger partial charge in [-0.3, -0.25) is 10.1 Å². The fraction of sp³-hybridized carbons (Fsp3) is 0.917. The molecule has 15 heavy (non-hydrogen) atoms. The molecular weight excluding hydrogens is 188 g/mol. The smallest absolute Gasteiger partial charge is 0.223 e. The Morgan fingerprint density at radius 3 is 2.40 bits per heavy atom. The zero-order valence-electron chi connectivity index (χ0n) is 10.7. The summed E-state index contributed by atoms with van der Waals surface area (Å²) < 4.78 is 0. The summed E-state index contributed by atoms with van der Waals surface area (Å²) in [7, 11) is 0. The zero-order valence-corrected chi connectivity index (χ0v) is 10.7. The molecule has 0 aliphatic heterocycles. The predicted molar refractivity (Wildman–Crippen MR) is 64.7 cm³/mol. The second-order valence-corrected chi connectivity index (χ2v) is 3.92. The van der Waals surface area contributed by atoms with Crippen molar-refractivity contribution < 1.29 is 4.79 Å². The molecule has 0 saturated heterocycles. The normalized spacial score (nSPS) is 12.5. The molecule has 0 spiro atoms. The highest BCUT2D eigenvalue weighted by molar-refractivity contribution is 5.76. The number of unbranched alkanes of at least 4 members (excludes halogenated alkanes) is 1. The maximum absolute atomic E-state index is 11.9. The van der Waals surface area contributed by atoms with Gasteiger partial charge in [0.05, 0.1) is 6.17 Å². The lowest BCUT2D eigenvalue weighted by Crippen LogP contribution is -2.47. The van der Waals surface area contributed by atoms with Crippen molar-refractivity contribution in [2.75, 3.05) is 13.1 Å². The van der Waals surface area contributed by atoms with E-state index in [1.54, 1.807) is 0 Å². The standard InChI is InChI=1S/C12H26N2O/c1-5-8-10-14(11(4)13-7-3)12(15)9-6-2/h11,13H,5-10H2,1-4H3. The Balaban J connectivity index is 4.21. The van der Waals surface area contributed by atoms with Crippen molar-refractivity contribution >= 4 is 5.91 Å². The van der Waals surface area contributed by atoms with E-state index >= 15 is 0 Å². The van der Waals surface area contributed by atoms with E-state index in [1.807, 2.05) is 11.8 Å². The highest BCUT2D eigenvalue weighted by Gasteiger charge is 2.17. The summed E-state index contributed by atoms with van der Waals surface area (Å²) in [6.45, 7) is 10.1. The minimum Gasteiger partial charge on any atom is -0.327 e. The summed E-state index contributed by atoms with van der Waals surface area (Å²) in [4.78, 5) is 13.8. The predicted octanol–water partition coefficient (Wildman–Crippen LogP) is 2.37. The van der Waals surface area contributed by atoms with Crippen LogP contribution in [-0.2, 0) is 4.79 Å². The van der Waals surface area contributed by atoms with E-state index in [0.717, 1.165) is 32.4 Å². The van der Waals surface area contributed by atoms with Crippen molar-refractivity contribution in [1.29, 1.82) is 0 Å². The third kappa shape index (κ3) is 5.78. The van der Waals surface area contributed by atoms with Crippen LogP contribution in [0.15, 0.2) is 0 Å². The van der Waals surface area contributed by atoms with Crippen molar-refractivity contribution in [1.82, 2.24) is 10.2 Å². The van der Waals surface area contributed by atoms with Crippen LogP contribution in [0.25, 0.3) is 0 Å². The van der Waals surface area contributed by atoms with Crippen molar-refractivity contribution in [3.63, 3.8) is 0 Å². The number of nitrogens with zero attached hydrogens (tertiary/aromatic N) is 1. The van der Waals surface area contributed by atoms with E-state index < -0.39 is 0 Å². The van der Waals surface area contributed by atoms with E-state index in [2.05, 4.69) is 26.1 Å². The molecule has 0 aliphatic carbocycles. The fourth-order valence-electron chi connectivity index (χ4n) is 1.63. The van der Waals surface area contributed by atoms with Crippen LogP contribution in [0, 0.1) is 0 Å². The molecular formula is C12H26N2O. The maximum atomic E-state index is 11.9. The van der Waals surface area contributed by atoms with E-state index in [9.17, 15) is 4.79 Å². The topological polar surface area (TPSA) is 32.3 Å². The number of hydrogen-bond acceptors (Lipinski definition) is 2. The Kier molecular flexibility index (Phi) is 8.38. The average molecular weight is 214 g/mol. The summed E-state index contributed by atoms with van der Waals surface area (Å²) in [5, 5.41) is 3.30. The third-order valence-electron chi connectivity index (χ3n) is 2.50. The van der Waals surface area contributed by atoms with Crippen LogP contribution in [0.5, 0.6) is 0 Å². The Morgan fingerprint density at radius 1 is 1.27 bits per heavy atom. The van der Waals surface area contributed by atoms with E-state index in [4.69, 9.17) is 0 Å². The van der Waals surface area contributed by atoms with Crippen LogP contribution < -0.4 is 5.32 Å². The Hall–Kier alpha value is -0.570. The highest BCUT2D eigenvalue weighted by Crippen LogP contribution is 2.04. The SMILES string of the molecule is CCCCN(C(=O)CCC)C(C)NCC. The van der Waals surface area contributed by atoms with E-state index in [1.165, 1.54) is 0 Å². The number of nitrogens with one attached hydrogen (secondary N) is 1. The van der Waals surface area contributed by atoms with Gasteiger partial charge < -0.3 is 4.90 Å². The molecule has 0 rings (SSSR count). The first-order chi connectivity index (χ1) is 7.17. The van der Waals surface area contributed by atoms with Crippen LogP contribution >= 0.6 is 0 Å². The molecule has 0 aromatic rings. The molecule has 0 radical (unpaired) electrons. The van der Waals surface area contributed by atoms with Gasteiger partial charge >= 0.3 is 0 Å². The Bertz CT molecular complexity index is 171. The molecule has 0 aliphatic rings. The van der Waals surface area contributed by atoms with E-state index in [0.29, 0.717) is 6.42 Å². The monoisotopic (exact) mass is 214 g/mol. The molecule has 90 valence electrons. The first-order valence-electron chi connectivity index (χ1n) is 6.20. The molecule has 3 nitrogen and oxygen atoms in total. The number of hydrogen-bond donors (Lipinski definition) is 1. The number of amides is 1. The van der Waals surface area contributed by atoms with Crippen LogP contribution in [-0.4, -0.2) is 30.1 Å².